The van der Waals surface area contributed by atoms with E-state index in [1.54, 1.807) is 43.3 Å². The van der Waals surface area contributed by atoms with Crippen LogP contribution in [0.4, 0.5) is 4.39 Å². The van der Waals surface area contributed by atoms with Crippen molar-refractivity contribution in [3.05, 3.63) is 86.8 Å². The zero-order chi connectivity index (χ0) is 25.0. The number of benzene rings is 2. The summed E-state index contributed by atoms with van der Waals surface area (Å²) < 4.78 is 16.6. The van der Waals surface area contributed by atoms with Crippen LogP contribution < -0.4 is 5.56 Å². The number of aryl methyl sites for hydroxylation is 2. The van der Waals surface area contributed by atoms with Crippen molar-refractivity contribution in [2.45, 2.75) is 60.4 Å². The minimum atomic E-state index is -0.588. The summed E-state index contributed by atoms with van der Waals surface area (Å²) in [5.74, 6) is -0.0379. The van der Waals surface area contributed by atoms with E-state index in [0.717, 1.165) is 6.42 Å². The highest BCUT2D eigenvalue weighted by atomic mass is 19.1. The van der Waals surface area contributed by atoms with E-state index >= 15 is 4.39 Å². The molecule has 5 nitrogen and oxygen atoms in total. The van der Waals surface area contributed by atoms with Gasteiger partial charge in [-0.25, -0.2) is 9.37 Å². The monoisotopic (exact) mass is 459 g/mol. The van der Waals surface area contributed by atoms with Crippen molar-refractivity contribution >= 4 is 5.78 Å². The van der Waals surface area contributed by atoms with E-state index in [2.05, 4.69) is 11.1 Å². The van der Waals surface area contributed by atoms with Gasteiger partial charge < -0.3 is 0 Å². The van der Waals surface area contributed by atoms with E-state index in [-0.39, 0.29) is 24.3 Å². The maximum absolute atomic E-state index is 15.2. The van der Waals surface area contributed by atoms with Gasteiger partial charge in [0, 0.05) is 17.4 Å². The van der Waals surface area contributed by atoms with Crippen molar-refractivity contribution in [3.63, 3.8) is 0 Å². The fraction of sp³-hybridized carbons (Fsp3) is 0.357. The first kappa shape index (κ1) is 25.0. The molecule has 0 aliphatic carbocycles. The summed E-state index contributed by atoms with van der Waals surface area (Å²) in [4.78, 5) is 30.7. The molecule has 0 amide bonds. The van der Waals surface area contributed by atoms with Crippen LogP contribution in [-0.2, 0) is 24.2 Å². The fourth-order valence-electron chi connectivity index (χ4n) is 3.83. The zero-order valence-corrected chi connectivity index (χ0v) is 20.4. The van der Waals surface area contributed by atoms with Gasteiger partial charge in [-0.3, -0.25) is 14.2 Å². The minimum Gasteiger partial charge on any atom is -0.297 e. The summed E-state index contributed by atoms with van der Waals surface area (Å²) in [6.45, 7) is 9.11. The smallest absolute Gasteiger partial charge is 0.257 e. The molecule has 0 spiro atoms. The number of carbonyl (C=O) groups excluding carboxylic acids is 1. The largest absolute Gasteiger partial charge is 0.297 e. The van der Waals surface area contributed by atoms with E-state index < -0.39 is 11.2 Å². The van der Waals surface area contributed by atoms with Crippen molar-refractivity contribution in [3.8, 4) is 17.2 Å². The van der Waals surface area contributed by atoms with Crippen LogP contribution in [0.2, 0.25) is 0 Å². The standard InChI is InChI=1S/C28H30FN3O2/c1-6-9-25-23(27(34)32(18(2)31-25)17-26(33)28(3,4)5)14-20-13-12-19(15-24(20)29)22-11-8-7-10-21(22)16-30/h7-8,10-13,15H,6,9,14,17H2,1-5H3. The highest BCUT2D eigenvalue weighted by Gasteiger charge is 2.24. The van der Waals surface area contributed by atoms with Crippen molar-refractivity contribution in [2.24, 2.45) is 5.41 Å². The molecule has 0 bridgehead atoms. The number of halogens is 1. The van der Waals surface area contributed by atoms with Crippen LogP contribution in [-0.4, -0.2) is 15.3 Å². The summed E-state index contributed by atoms with van der Waals surface area (Å²) in [5, 5.41) is 9.36. The van der Waals surface area contributed by atoms with Crippen LogP contribution in [0.5, 0.6) is 0 Å². The molecule has 2 aromatic carbocycles. The molecular weight excluding hydrogens is 429 g/mol. The topological polar surface area (TPSA) is 75.8 Å². The third-order valence-electron chi connectivity index (χ3n) is 5.94. The second-order valence-corrected chi connectivity index (χ2v) is 9.54. The summed E-state index contributed by atoms with van der Waals surface area (Å²) in [6, 6.07) is 14.0. The summed E-state index contributed by atoms with van der Waals surface area (Å²) in [5.41, 5.74) is 2.26. The second-order valence-electron chi connectivity index (χ2n) is 9.54. The molecule has 0 unspecified atom stereocenters. The molecule has 1 aromatic heterocycles. The SMILES string of the molecule is CCCc1nc(C)n(CC(=O)C(C)(C)C)c(=O)c1Cc1ccc(-c2ccccc2C#N)cc1F. The molecule has 34 heavy (non-hydrogen) atoms. The Balaban J connectivity index is 2.04. The van der Waals surface area contributed by atoms with Crippen LogP contribution in [0.25, 0.3) is 11.1 Å². The number of ketones is 1. The number of Topliss-reactive ketones (excluding diaryl/α,β-unsaturated/α-hetero) is 1. The van der Waals surface area contributed by atoms with Gasteiger partial charge >= 0.3 is 0 Å². The quantitative estimate of drug-likeness (QED) is 0.475. The number of hydrogen-bond donors (Lipinski definition) is 0. The van der Waals surface area contributed by atoms with Gasteiger partial charge in [-0.15, -0.1) is 0 Å². The second kappa shape index (κ2) is 10.1. The molecule has 0 atom stereocenters. The molecule has 0 saturated carbocycles. The Morgan fingerprint density at radius 1 is 1.18 bits per heavy atom. The lowest BCUT2D eigenvalue weighted by atomic mass is 9.90. The first-order valence-corrected chi connectivity index (χ1v) is 11.5. The van der Waals surface area contributed by atoms with Crippen molar-refractivity contribution in [2.75, 3.05) is 0 Å². The number of hydrogen-bond acceptors (Lipinski definition) is 4. The van der Waals surface area contributed by atoms with Gasteiger partial charge in [0.15, 0.2) is 5.78 Å². The van der Waals surface area contributed by atoms with Crippen molar-refractivity contribution in [1.82, 2.24) is 9.55 Å². The maximum atomic E-state index is 15.2. The van der Waals surface area contributed by atoms with Crippen LogP contribution in [0.3, 0.4) is 0 Å². The zero-order valence-electron chi connectivity index (χ0n) is 20.4. The van der Waals surface area contributed by atoms with Crippen LogP contribution in [0, 0.1) is 29.5 Å². The molecule has 3 aromatic rings. The Hall–Kier alpha value is -3.59. The Kier molecular flexibility index (Phi) is 7.46. The average molecular weight is 460 g/mol. The van der Waals surface area contributed by atoms with E-state index in [0.29, 0.717) is 45.8 Å². The van der Waals surface area contributed by atoms with Gasteiger partial charge in [-0.05, 0) is 42.2 Å². The number of nitriles is 1. The summed E-state index contributed by atoms with van der Waals surface area (Å²) in [6.07, 6.45) is 1.46. The van der Waals surface area contributed by atoms with E-state index in [1.165, 1.54) is 10.6 Å². The highest BCUT2D eigenvalue weighted by Crippen LogP contribution is 2.26. The molecule has 0 radical (unpaired) electrons. The molecule has 0 N–H and O–H groups in total. The minimum absolute atomic E-state index is 0.0626. The molecule has 0 aliphatic rings. The highest BCUT2D eigenvalue weighted by molar-refractivity contribution is 5.83. The number of carbonyl (C=O) groups is 1. The third-order valence-corrected chi connectivity index (χ3v) is 5.94. The normalized spacial score (nSPS) is 11.3. The predicted molar refractivity (Wildman–Crippen MR) is 131 cm³/mol. The number of rotatable bonds is 7. The first-order chi connectivity index (χ1) is 16.1. The van der Waals surface area contributed by atoms with Crippen LogP contribution in [0.1, 0.15) is 62.3 Å². The van der Waals surface area contributed by atoms with E-state index in [9.17, 15) is 14.9 Å². The lowest BCUT2D eigenvalue weighted by Crippen LogP contribution is -2.35. The molecule has 1 heterocycles. The lowest BCUT2D eigenvalue weighted by molar-refractivity contribution is -0.127. The van der Waals surface area contributed by atoms with Gasteiger partial charge in [-0.1, -0.05) is 64.4 Å². The molecule has 6 heteroatoms. The third kappa shape index (κ3) is 5.31. The average Bonchev–Trinajstić information content (AvgIpc) is 2.79. The predicted octanol–water partition coefficient (Wildman–Crippen LogP) is 5.39. The molecular formula is C28H30FN3O2. The Morgan fingerprint density at radius 2 is 1.88 bits per heavy atom. The molecule has 3 rings (SSSR count). The van der Waals surface area contributed by atoms with Gasteiger partial charge in [0.1, 0.15) is 11.6 Å². The van der Waals surface area contributed by atoms with Gasteiger partial charge in [0.2, 0.25) is 0 Å². The van der Waals surface area contributed by atoms with Crippen LogP contribution in [0.15, 0.2) is 47.3 Å². The molecule has 0 fully saturated rings. The molecule has 176 valence electrons. The first-order valence-electron chi connectivity index (χ1n) is 11.5. The number of aromatic nitrogens is 2. The maximum Gasteiger partial charge on any atom is 0.257 e. The lowest BCUT2D eigenvalue weighted by Gasteiger charge is -2.20. The van der Waals surface area contributed by atoms with E-state index in [1.807, 2.05) is 27.7 Å². The van der Waals surface area contributed by atoms with Gasteiger partial charge in [0.05, 0.1) is 23.9 Å². The van der Waals surface area contributed by atoms with Gasteiger partial charge in [0.25, 0.3) is 5.56 Å². The van der Waals surface area contributed by atoms with E-state index in [4.69, 9.17) is 0 Å². The molecule has 0 saturated heterocycles. The molecule has 0 aliphatic heterocycles. The summed E-state index contributed by atoms with van der Waals surface area (Å²) >= 11 is 0. The van der Waals surface area contributed by atoms with Crippen molar-refractivity contribution < 1.29 is 9.18 Å². The Bertz CT molecular complexity index is 1330. The summed E-state index contributed by atoms with van der Waals surface area (Å²) in [7, 11) is 0. The van der Waals surface area contributed by atoms with Gasteiger partial charge in [-0.2, -0.15) is 5.26 Å². The Labute approximate surface area is 199 Å². The number of nitrogens with zero attached hydrogens (tertiary/aromatic N) is 3. The van der Waals surface area contributed by atoms with Crippen LogP contribution >= 0.6 is 0 Å². The van der Waals surface area contributed by atoms with Crippen molar-refractivity contribution in [1.29, 1.82) is 5.26 Å². The Morgan fingerprint density at radius 3 is 2.50 bits per heavy atom. The fourth-order valence-corrected chi connectivity index (χ4v) is 3.83.